The summed E-state index contributed by atoms with van der Waals surface area (Å²) < 4.78 is 13.4. The number of halogens is 1. The third-order valence-corrected chi connectivity index (χ3v) is 7.68. The number of aromatic nitrogens is 2. The van der Waals surface area contributed by atoms with Crippen LogP contribution in [0.5, 0.6) is 11.5 Å². The third-order valence-electron chi connectivity index (χ3n) is 7.44. The highest BCUT2D eigenvalue weighted by Gasteiger charge is 2.64. The molecule has 0 fully saturated rings. The van der Waals surface area contributed by atoms with Gasteiger partial charge in [0.25, 0.3) is 11.8 Å². The molecule has 3 heterocycles. The lowest BCUT2D eigenvalue weighted by Gasteiger charge is -2.35. The van der Waals surface area contributed by atoms with Crippen LogP contribution in [0.4, 0.5) is 11.4 Å². The minimum absolute atomic E-state index is 0.159. The first kappa shape index (κ1) is 26.0. The molecule has 9 heteroatoms. The van der Waals surface area contributed by atoms with Gasteiger partial charge >= 0.3 is 0 Å². The summed E-state index contributed by atoms with van der Waals surface area (Å²) in [6, 6.07) is 18.1. The molecule has 1 atom stereocenters. The molecule has 8 nitrogen and oxygen atoms in total. The van der Waals surface area contributed by atoms with Crippen LogP contribution < -0.4 is 19.7 Å². The van der Waals surface area contributed by atoms with E-state index in [4.69, 9.17) is 26.1 Å². The summed E-state index contributed by atoms with van der Waals surface area (Å²) in [5.74, 6) is 1.04. The molecule has 2 aliphatic heterocycles. The molecule has 2 aliphatic rings. The number of ether oxygens (including phenoxy) is 2. The molecule has 1 unspecified atom stereocenters. The van der Waals surface area contributed by atoms with Gasteiger partial charge in [-0.15, -0.1) is 0 Å². The molecule has 2 amide bonds. The monoisotopic (exact) mass is 556 g/mol. The fourth-order valence-corrected chi connectivity index (χ4v) is 6.08. The summed E-state index contributed by atoms with van der Waals surface area (Å²) in [5.41, 5.74) is 2.77. The molecule has 0 bridgehead atoms. The minimum Gasteiger partial charge on any atom is -0.496 e. The molecule has 3 aromatic carbocycles. The van der Waals surface area contributed by atoms with Crippen molar-refractivity contribution in [1.82, 2.24) is 9.55 Å². The predicted molar refractivity (Wildman–Crippen MR) is 155 cm³/mol. The summed E-state index contributed by atoms with van der Waals surface area (Å²) in [6.07, 6.45) is 0. The van der Waals surface area contributed by atoms with E-state index in [2.05, 4.69) is 5.32 Å². The number of hydrogen-bond acceptors (Lipinski definition) is 5. The first-order valence-electron chi connectivity index (χ1n) is 13.2. The maximum absolute atomic E-state index is 14.4. The van der Waals surface area contributed by atoms with E-state index >= 15 is 0 Å². The van der Waals surface area contributed by atoms with Crippen molar-refractivity contribution < 1.29 is 19.1 Å². The molecule has 204 valence electrons. The van der Waals surface area contributed by atoms with Gasteiger partial charge in [-0.1, -0.05) is 29.8 Å². The predicted octanol–water partition coefficient (Wildman–Crippen LogP) is 6.36. The molecule has 1 aromatic heterocycles. The summed E-state index contributed by atoms with van der Waals surface area (Å²) >= 11 is 6.38. The van der Waals surface area contributed by atoms with Crippen molar-refractivity contribution in [3.05, 3.63) is 88.2 Å². The number of carbonyl (C=O) groups is 2. The van der Waals surface area contributed by atoms with Crippen LogP contribution in [0.25, 0.3) is 11.4 Å². The second kappa shape index (κ2) is 9.41. The minimum atomic E-state index is -1.49. The Bertz CT molecular complexity index is 1690. The summed E-state index contributed by atoms with van der Waals surface area (Å²) in [7, 11) is 1.58. The van der Waals surface area contributed by atoms with Crippen molar-refractivity contribution in [2.24, 2.45) is 0 Å². The molecule has 1 spiro atoms. The second-order valence-electron chi connectivity index (χ2n) is 10.2. The number of anilines is 2. The van der Waals surface area contributed by atoms with Crippen molar-refractivity contribution in [2.45, 2.75) is 39.3 Å². The Balaban J connectivity index is 1.69. The van der Waals surface area contributed by atoms with Gasteiger partial charge in [0.2, 0.25) is 0 Å². The molecule has 6 rings (SSSR count). The topological polar surface area (TPSA) is 85.7 Å². The zero-order valence-electron chi connectivity index (χ0n) is 22.9. The number of methoxy groups -OCH3 is 1. The van der Waals surface area contributed by atoms with Crippen LogP contribution in [-0.2, 0) is 10.3 Å². The van der Waals surface area contributed by atoms with Gasteiger partial charge in [-0.05, 0) is 69.7 Å². The maximum atomic E-state index is 14.4. The van der Waals surface area contributed by atoms with E-state index in [1.54, 1.807) is 37.4 Å². The maximum Gasteiger partial charge on any atom is 0.280 e. The Morgan fingerprint density at radius 2 is 1.88 bits per heavy atom. The number of carbonyl (C=O) groups excluding carboxylic acids is 2. The average molecular weight is 557 g/mol. The normalized spacial score (nSPS) is 17.4. The Hall–Kier alpha value is -4.30. The largest absolute Gasteiger partial charge is 0.496 e. The number of imidazole rings is 1. The number of amides is 2. The van der Waals surface area contributed by atoms with Gasteiger partial charge in [0.1, 0.15) is 17.3 Å². The zero-order valence-corrected chi connectivity index (χ0v) is 23.7. The van der Waals surface area contributed by atoms with Gasteiger partial charge in [-0.25, -0.2) is 4.98 Å². The third kappa shape index (κ3) is 3.55. The highest BCUT2D eigenvalue weighted by atomic mass is 35.5. The zero-order chi connectivity index (χ0) is 28.3. The number of benzene rings is 3. The van der Waals surface area contributed by atoms with Crippen LogP contribution in [0.3, 0.4) is 0 Å². The highest BCUT2D eigenvalue weighted by molar-refractivity contribution is 6.31. The van der Waals surface area contributed by atoms with E-state index in [0.717, 1.165) is 5.56 Å². The number of aryl methyl sites for hydroxylation is 1. The Kier molecular flexibility index (Phi) is 6.11. The fourth-order valence-electron chi connectivity index (χ4n) is 5.89. The fraction of sp³-hybridized carbons (Fsp3) is 0.258. The molecule has 0 saturated carbocycles. The van der Waals surface area contributed by atoms with E-state index in [-0.39, 0.29) is 23.6 Å². The Morgan fingerprint density at radius 3 is 2.58 bits per heavy atom. The molecule has 1 N–H and O–H groups in total. The van der Waals surface area contributed by atoms with E-state index in [0.29, 0.717) is 57.1 Å². The van der Waals surface area contributed by atoms with Crippen LogP contribution in [-0.4, -0.2) is 35.1 Å². The number of nitrogens with zero attached hydrogens (tertiary/aromatic N) is 3. The first-order chi connectivity index (χ1) is 19.2. The van der Waals surface area contributed by atoms with Crippen LogP contribution in [0.15, 0.2) is 60.7 Å². The van der Waals surface area contributed by atoms with Crippen molar-refractivity contribution in [1.29, 1.82) is 0 Å². The van der Waals surface area contributed by atoms with Crippen LogP contribution >= 0.6 is 11.6 Å². The van der Waals surface area contributed by atoms with Gasteiger partial charge in [-0.2, -0.15) is 0 Å². The average Bonchev–Trinajstić information content (AvgIpc) is 3.52. The molecular formula is C31H29ClN4O4. The van der Waals surface area contributed by atoms with Gasteiger partial charge in [0.05, 0.1) is 25.0 Å². The number of fused-ring (bicyclic) bond motifs is 4. The second-order valence-corrected chi connectivity index (χ2v) is 10.7. The molecule has 4 aromatic rings. The highest BCUT2D eigenvalue weighted by Crippen LogP contribution is 2.54. The quantitative estimate of drug-likeness (QED) is 0.299. The van der Waals surface area contributed by atoms with E-state index in [1.807, 2.05) is 62.6 Å². The lowest BCUT2D eigenvalue weighted by atomic mass is 9.86. The van der Waals surface area contributed by atoms with Crippen molar-refractivity contribution in [3.63, 3.8) is 0 Å². The van der Waals surface area contributed by atoms with E-state index in [9.17, 15) is 9.59 Å². The van der Waals surface area contributed by atoms with E-state index < -0.39 is 5.54 Å². The van der Waals surface area contributed by atoms with Gasteiger partial charge in [-0.3, -0.25) is 14.5 Å². The summed E-state index contributed by atoms with van der Waals surface area (Å²) in [6.45, 7) is 8.41. The smallest absolute Gasteiger partial charge is 0.280 e. The number of rotatable bonds is 6. The lowest BCUT2D eigenvalue weighted by molar-refractivity contribution is -0.119. The van der Waals surface area contributed by atoms with Crippen LogP contribution in [0, 0.1) is 6.92 Å². The van der Waals surface area contributed by atoms with Crippen molar-refractivity contribution in [2.75, 3.05) is 23.9 Å². The molecule has 0 aliphatic carbocycles. The van der Waals surface area contributed by atoms with Gasteiger partial charge < -0.3 is 19.4 Å². The Morgan fingerprint density at radius 1 is 1.07 bits per heavy atom. The standard InChI is InChI=1S/C31H29ClN4O4/c1-6-40-21-11-12-22(25(16-21)39-5)28-34-26-27(35(28)17(2)3)31(23-13-10-18(4)14-24(23)33-30(31)38)36(29(26)37)20-9-7-8-19(32)15-20/h7-17H,6H2,1-5H3,(H,33,38). The van der Waals surface area contributed by atoms with Gasteiger partial charge in [0.15, 0.2) is 11.2 Å². The van der Waals surface area contributed by atoms with Crippen LogP contribution in [0.1, 0.15) is 54.1 Å². The molecule has 0 radical (unpaired) electrons. The molecule has 0 saturated heterocycles. The van der Waals surface area contributed by atoms with Crippen LogP contribution in [0.2, 0.25) is 5.02 Å². The van der Waals surface area contributed by atoms with Gasteiger partial charge in [0, 0.05) is 34.1 Å². The summed E-state index contributed by atoms with van der Waals surface area (Å²) in [5, 5.41) is 3.52. The van der Waals surface area contributed by atoms with E-state index in [1.165, 1.54) is 4.90 Å². The summed E-state index contributed by atoms with van der Waals surface area (Å²) in [4.78, 5) is 35.1. The number of nitrogens with one attached hydrogen (secondary N) is 1. The van der Waals surface area contributed by atoms with Crippen molar-refractivity contribution >= 4 is 34.8 Å². The Labute approximate surface area is 237 Å². The van der Waals surface area contributed by atoms with Crippen molar-refractivity contribution in [3.8, 4) is 22.9 Å². The molecular weight excluding hydrogens is 528 g/mol. The first-order valence-corrected chi connectivity index (χ1v) is 13.6. The SMILES string of the molecule is CCOc1ccc(-c2nc3c(n2C(C)C)C2(C(=O)Nc4cc(C)ccc42)N(c2cccc(Cl)c2)C3=O)c(OC)c1. The lowest BCUT2D eigenvalue weighted by Crippen LogP contribution is -2.51. The number of hydrogen-bond donors (Lipinski definition) is 1. The molecule has 40 heavy (non-hydrogen) atoms.